The van der Waals surface area contributed by atoms with Crippen LogP contribution >= 0.6 is 11.8 Å². The first-order valence-corrected chi connectivity index (χ1v) is 11.8. The summed E-state index contributed by atoms with van der Waals surface area (Å²) < 4.78 is 17.8. The van der Waals surface area contributed by atoms with Gasteiger partial charge in [0.2, 0.25) is 0 Å². The molecule has 0 spiro atoms. The number of aryl methyl sites for hydroxylation is 2. The van der Waals surface area contributed by atoms with E-state index in [-0.39, 0.29) is 18.1 Å². The number of hydrogen-bond donors (Lipinski definition) is 1. The minimum Gasteiger partial charge on any atom is -0.455 e. The van der Waals surface area contributed by atoms with E-state index in [2.05, 4.69) is 37.4 Å². The Labute approximate surface area is 193 Å². The third-order valence-electron chi connectivity index (χ3n) is 5.48. The minimum atomic E-state index is -0.718. The molecule has 6 heteroatoms. The summed E-state index contributed by atoms with van der Waals surface area (Å²) in [6, 6.07) is 19.4. The number of ether oxygens (including phenoxy) is 2. The van der Waals surface area contributed by atoms with E-state index in [1.165, 1.54) is 16.0 Å². The van der Waals surface area contributed by atoms with Crippen LogP contribution in [0.5, 0.6) is 0 Å². The van der Waals surface area contributed by atoms with Crippen molar-refractivity contribution in [2.45, 2.75) is 56.3 Å². The van der Waals surface area contributed by atoms with Gasteiger partial charge in [-0.3, -0.25) is 4.79 Å². The Bertz CT molecular complexity index is 1060. The van der Waals surface area contributed by atoms with Crippen molar-refractivity contribution in [2.24, 2.45) is 0 Å². The Hall–Kier alpha value is -2.54. The lowest BCUT2D eigenvalue weighted by atomic mass is 10.0. The van der Waals surface area contributed by atoms with E-state index in [1.807, 2.05) is 50.2 Å². The SMILES string of the molecule is Cc1cccc(C)c1SCc1ccc(C(=O)NC2COC(C)(C)OC2c2ccccc2)o1. The first kappa shape index (κ1) is 22.6. The quantitative estimate of drug-likeness (QED) is 0.479. The number of thioether (sulfide) groups is 1. The monoisotopic (exact) mass is 451 g/mol. The zero-order valence-electron chi connectivity index (χ0n) is 18.9. The van der Waals surface area contributed by atoms with Gasteiger partial charge in [-0.25, -0.2) is 0 Å². The summed E-state index contributed by atoms with van der Waals surface area (Å²) in [5.41, 5.74) is 3.48. The second-order valence-electron chi connectivity index (χ2n) is 8.52. The average molecular weight is 452 g/mol. The molecular weight excluding hydrogens is 422 g/mol. The number of benzene rings is 2. The van der Waals surface area contributed by atoms with Crippen LogP contribution in [-0.2, 0) is 15.2 Å². The van der Waals surface area contributed by atoms with E-state index in [1.54, 1.807) is 17.8 Å². The third-order valence-corrected chi connectivity index (χ3v) is 6.85. The van der Waals surface area contributed by atoms with Crippen LogP contribution in [0.15, 0.2) is 70.0 Å². The molecule has 2 aromatic carbocycles. The highest BCUT2D eigenvalue weighted by molar-refractivity contribution is 7.98. The van der Waals surface area contributed by atoms with Gasteiger partial charge < -0.3 is 19.2 Å². The topological polar surface area (TPSA) is 60.7 Å². The molecule has 1 amide bonds. The molecule has 1 aliphatic heterocycles. The molecule has 0 aliphatic carbocycles. The maximum atomic E-state index is 12.9. The number of carbonyl (C=O) groups is 1. The zero-order valence-corrected chi connectivity index (χ0v) is 19.7. The van der Waals surface area contributed by atoms with E-state index in [9.17, 15) is 4.79 Å². The molecule has 3 aromatic rings. The second kappa shape index (κ2) is 9.53. The lowest BCUT2D eigenvalue weighted by Gasteiger charge is -2.41. The van der Waals surface area contributed by atoms with Crippen molar-refractivity contribution in [1.29, 1.82) is 0 Å². The van der Waals surface area contributed by atoms with Crippen LogP contribution < -0.4 is 5.32 Å². The van der Waals surface area contributed by atoms with Crippen LogP contribution in [0.1, 0.15) is 53.0 Å². The maximum Gasteiger partial charge on any atom is 0.287 e. The van der Waals surface area contributed by atoms with Crippen molar-refractivity contribution in [2.75, 3.05) is 6.61 Å². The molecule has 0 bridgehead atoms. The highest BCUT2D eigenvalue weighted by Gasteiger charge is 2.38. The maximum absolute atomic E-state index is 12.9. The van der Waals surface area contributed by atoms with Crippen LogP contribution in [0.4, 0.5) is 0 Å². The van der Waals surface area contributed by atoms with Gasteiger partial charge in [-0.1, -0.05) is 48.5 Å². The van der Waals surface area contributed by atoms with Gasteiger partial charge >= 0.3 is 0 Å². The average Bonchev–Trinajstić information content (AvgIpc) is 3.24. The van der Waals surface area contributed by atoms with Gasteiger partial charge in [0.15, 0.2) is 11.5 Å². The van der Waals surface area contributed by atoms with E-state index >= 15 is 0 Å². The van der Waals surface area contributed by atoms with Crippen molar-refractivity contribution >= 4 is 17.7 Å². The largest absolute Gasteiger partial charge is 0.455 e. The summed E-state index contributed by atoms with van der Waals surface area (Å²) in [5.74, 6) is 0.726. The molecule has 2 unspecified atom stereocenters. The van der Waals surface area contributed by atoms with Crippen LogP contribution in [0.3, 0.4) is 0 Å². The summed E-state index contributed by atoms with van der Waals surface area (Å²) in [6.07, 6.45) is -0.307. The summed E-state index contributed by atoms with van der Waals surface area (Å²) in [5, 5.41) is 3.04. The first-order chi connectivity index (χ1) is 15.3. The van der Waals surface area contributed by atoms with Crippen molar-refractivity contribution in [3.05, 3.63) is 88.9 Å². The molecule has 1 aliphatic rings. The van der Waals surface area contributed by atoms with Crippen molar-refractivity contribution in [3.63, 3.8) is 0 Å². The second-order valence-corrected chi connectivity index (χ2v) is 9.50. The number of hydrogen-bond acceptors (Lipinski definition) is 5. The molecule has 0 radical (unpaired) electrons. The fraction of sp³-hybridized carbons (Fsp3) is 0.346. The highest BCUT2D eigenvalue weighted by atomic mass is 32.2. The lowest BCUT2D eigenvalue weighted by Crippen LogP contribution is -2.51. The van der Waals surface area contributed by atoms with E-state index in [4.69, 9.17) is 13.9 Å². The van der Waals surface area contributed by atoms with Gasteiger partial charge in [0.25, 0.3) is 5.91 Å². The Morgan fingerprint density at radius 1 is 1.03 bits per heavy atom. The molecule has 1 aromatic heterocycles. The number of furan rings is 1. The summed E-state index contributed by atoms with van der Waals surface area (Å²) in [7, 11) is 0. The van der Waals surface area contributed by atoms with Crippen LogP contribution in [0, 0.1) is 13.8 Å². The summed E-state index contributed by atoms with van der Waals surface area (Å²) >= 11 is 1.72. The molecule has 32 heavy (non-hydrogen) atoms. The van der Waals surface area contributed by atoms with Gasteiger partial charge in [0.05, 0.1) is 18.4 Å². The van der Waals surface area contributed by atoms with Gasteiger partial charge in [0.1, 0.15) is 11.9 Å². The fourth-order valence-electron chi connectivity index (χ4n) is 3.85. The molecule has 1 N–H and O–H groups in total. The molecule has 0 saturated carbocycles. The Morgan fingerprint density at radius 3 is 2.47 bits per heavy atom. The fourth-order valence-corrected chi connectivity index (χ4v) is 4.88. The number of nitrogens with one attached hydrogen (secondary N) is 1. The minimum absolute atomic E-state index is 0.272. The van der Waals surface area contributed by atoms with Crippen LogP contribution in [0.2, 0.25) is 0 Å². The lowest BCUT2D eigenvalue weighted by molar-refractivity contribution is -0.284. The van der Waals surface area contributed by atoms with Gasteiger partial charge in [-0.15, -0.1) is 11.8 Å². The third kappa shape index (κ3) is 5.26. The Kier molecular flexibility index (Phi) is 6.74. The highest BCUT2D eigenvalue weighted by Crippen LogP contribution is 2.33. The Balaban J connectivity index is 1.43. The normalized spacial score (nSPS) is 20.1. The predicted octanol–water partition coefficient (Wildman–Crippen LogP) is 5.81. The summed E-state index contributed by atoms with van der Waals surface area (Å²) in [4.78, 5) is 14.2. The Morgan fingerprint density at radius 2 is 1.75 bits per heavy atom. The molecule has 1 saturated heterocycles. The van der Waals surface area contributed by atoms with Gasteiger partial charge in [-0.2, -0.15) is 0 Å². The molecule has 168 valence electrons. The molecule has 4 rings (SSSR count). The summed E-state index contributed by atoms with van der Waals surface area (Å²) in [6.45, 7) is 8.33. The first-order valence-electron chi connectivity index (χ1n) is 10.8. The standard InChI is InChI=1S/C26H29NO4S/c1-17-9-8-10-18(2)24(17)32-16-20-13-14-22(30-20)25(28)27-21-15-29-26(3,4)31-23(21)19-11-6-5-7-12-19/h5-14,21,23H,15-16H2,1-4H3,(H,27,28). The van der Waals surface area contributed by atoms with E-state index in [0.717, 1.165) is 11.3 Å². The van der Waals surface area contributed by atoms with Crippen LogP contribution in [-0.4, -0.2) is 24.3 Å². The number of carbonyl (C=O) groups excluding carboxylic acids is 1. The van der Waals surface area contributed by atoms with Crippen LogP contribution in [0.25, 0.3) is 0 Å². The molecule has 5 nitrogen and oxygen atoms in total. The zero-order chi connectivity index (χ0) is 22.7. The molecule has 2 atom stereocenters. The molecule has 1 fully saturated rings. The van der Waals surface area contributed by atoms with Crippen molar-refractivity contribution in [3.8, 4) is 0 Å². The van der Waals surface area contributed by atoms with E-state index < -0.39 is 5.79 Å². The van der Waals surface area contributed by atoms with E-state index in [0.29, 0.717) is 18.1 Å². The van der Waals surface area contributed by atoms with Crippen molar-refractivity contribution in [1.82, 2.24) is 5.32 Å². The predicted molar refractivity (Wildman–Crippen MR) is 126 cm³/mol. The van der Waals surface area contributed by atoms with Gasteiger partial charge in [-0.05, 0) is 56.5 Å². The number of rotatable bonds is 6. The van der Waals surface area contributed by atoms with Gasteiger partial charge in [0, 0.05) is 4.90 Å². The smallest absolute Gasteiger partial charge is 0.287 e. The molecular formula is C26H29NO4S. The number of amides is 1. The van der Waals surface area contributed by atoms with Crippen molar-refractivity contribution < 1.29 is 18.7 Å². The molecule has 2 heterocycles.